The average molecular weight is 268 g/mol. The minimum atomic E-state index is -0.968. The Morgan fingerprint density at radius 1 is 1.47 bits per heavy atom. The number of nitrogens with zero attached hydrogens (tertiary/aromatic N) is 2. The van der Waals surface area contributed by atoms with Crippen LogP contribution >= 0.6 is 0 Å². The number of carboxylic acid groups (broad SMARTS) is 1. The second-order valence-corrected chi connectivity index (χ2v) is 4.19. The summed E-state index contributed by atoms with van der Waals surface area (Å²) in [6.45, 7) is 3.55. The van der Waals surface area contributed by atoms with Crippen LogP contribution in [0.5, 0.6) is 0 Å². The molecule has 1 aromatic heterocycles. The third kappa shape index (κ3) is 4.18. The minimum Gasteiger partial charge on any atom is -0.478 e. The number of pyridine rings is 1. The molecule has 0 aliphatic carbocycles. The van der Waals surface area contributed by atoms with E-state index < -0.39 is 5.97 Å². The first-order chi connectivity index (χ1) is 9.11. The van der Waals surface area contributed by atoms with Gasteiger partial charge in [0.1, 0.15) is 0 Å². The third-order valence-corrected chi connectivity index (χ3v) is 2.82. The number of carboxylic acids is 1. The second kappa shape index (κ2) is 7.70. The van der Waals surface area contributed by atoms with Crippen molar-refractivity contribution in [2.75, 3.05) is 38.9 Å². The van der Waals surface area contributed by atoms with Gasteiger partial charge in [0.2, 0.25) is 0 Å². The summed E-state index contributed by atoms with van der Waals surface area (Å²) in [5.41, 5.74) is 0.811. The first kappa shape index (κ1) is 15.4. The van der Waals surface area contributed by atoms with E-state index in [-0.39, 0.29) is 11.6 Å². The van der Waals surface area contributed by atoms with E-state index in [9.17, 15) is 9.90 Å². The minimum absolute atomic E-state index is 0.0300. The van der Waals surface area contributed by atoms with Gasteiger partial charge < -0.3 is 19.5 Å². The fourth-order valence-corrected chi connectivity index (χ4v) is 1.89. The van der Waals surface area contributed by atoms with Gasteiger partial charge >= 0.3 is 5.97 Å². The SMILES string of the molecule is COCCN(c1cnccc1C(=O)O)C(C)COC. The highest BCUT2D eigenvalue weighted by molar-refractivity contribution is 5.94. The van der Waals surface area contributed by atoms with Gasteiger partial charge in [0.15, 0.2) is 0 Å². The highest BCUT2D eigenvalue weighted by atomic mass is 16.5. The van der Waals surface area contributed by atoms with Gasteiger partial charge in [-0.1, -0.05) is 0 Å². The van der Waals surface area contributed by atoms with E-state index >= 15 is 0 Å². The largest absolute Gasteiger partial charge is 0.478 e. The zero-order valence-electron chi connectivity index (χ0n) is 11.5. The highest BCUT2D eigenvalue weighted by Crippen LogP contribution is 2.21. The molecule has 0 aliphatic rings. The molecule has 6 nitrogen and oxygen atoms in total. The normalized spacial score (nSPS) is 12.2. The number of hydrogen-bond donors (Lipinski definition) is 1. The molecule has 6 heteroatoms. The lowest BCUT2D eigenvalue weighted by molar-refractivity contribution is 0.0697. The maximum absolute atomic E-state index is 11.3. The topological polar surface area (TPSA) is 71.9 Å². The van der Waals surface area contributed by atoms with Crippen molar-refractivity contribution in [2.24, 2.45) is 0 Å². The zero-order chi connectivity index (χ0) is 14.3. The van der Waals surface area contributed by atoms with E-state index in [0.717, 1.165) is 0 Å². The Labute approximate surface area is 113 Å². The van der Waals surface area contributed by atoms with Crippen molar-refractivity contribution in [1.82, 2.24) is 4.98 Å². The summed E-state index contributed by atoms with van der Waals surface area (Å²) in [6, 6.07) is 1.53. The number of ether oxygens (including phenoxy) is 2. The Balaban J connectivity index is 3.05. The number of aromatic nitrogens is 1. The van der Waals surface area contributed by atoms with Crippen molar-refractivity contribution in [3.05, 3.63) is 24.0 Å². The standard InChI is InChI=1S/C13H20N2O4/c1-10(9-19-3)15(6-7-18-2)12-8-14-5-4-11(12)13(16)17/h4-5,8,10H,6-7,9H2,1-3H3,(H,16,17). The van der Waals surface area contributed by atoms with Crippen molar-refractivity contribution in [3.8, 4) is 0 Å². The van der Waals surface area contributed by atoms with Gasteiger partial charge in [-0.3, -0.25) is 4.98 Å². The van der Waals surface area contributed by atoms with Crippen LogP contribution in [-0.2, 0) is 9.47 Å². The molecular weight excluding hydrogens is 248 g/mol. The predicted octanol–water partition coefficient (Wildman–Crippen LogP) is 1.27. The van der Waals surface area contributed by atoms with Crippen LogP contribution in [0.4, 0.5) is 5.69 Å². The van der Waals surface area contributed by atoms with Crippen LogP contribution in [0.25, 0.3) is 0 Å². The van der Waals surface area contributed by atoms with Crippen molar-refractivity contribution >= 4 is 11.7 Å². The summed E-state index contributed by atoms with van der Waals surface area (Å²) < 4.78 is 10.2. The molecule has 1 rings (SSSR count). The van der Waals surface area contributed by atoms with Crippen LogP contribution in [0, 0.1) is 0 Å². The van der Waals surface area contributed by atoms with Gasteiger partial charge in [-0.05, 0) is 13.0 Å². The summed E-state index contributed by atoms with van der Waals surface area (Å²) in [5.74, 6) is -0.968. The van der Waals surface area contributed by atoms with E-state index in [1.54, 1.807) is 20.4 Å². The maximum atomic E-state index is 11.3. The van der Waals surface area contributed by atoms with Crippen LogP contribution in [-0.4, -0.2) is 56.1 Å². The Morgan fingerprint density at radius 2 is 2.21 bits per heavy atom. The van der Waals surface area contributed by atoms with Crippen LogP contribution < -0.4 is 4.90 Å². The Kier molecular flexibility index (Phi) is 6.24. The van der Waals surface area contributed by atoms with Gasteiger partial charge in [-0.15, -0.1) is 0 Å². The third-order valence-electron chi connectivity index (χ3n) is 2.82. The van der Waals surface area contributed by atoms with Gasteiger partial charge in [0.25, 0.3) is 0 Å². The molecule has 0 fully saturated rings. The van der Waals surface area contributed by atoms with Crippen LogP contribution in [0.1, 0.15) is 17.3 Å². The lowest BCUT2D eigenvalue weighted by Gasteiger charge is -2.31. The highest BCUT2D eigenvalue weighted by Gasteiger charge is 2.20. The first-order valence-corrected chi connectivity index (χ1v) is 6.03. The molecule has 0 amide bonds. The number of methoxy groups -OCH3 is 2. The van der Waals surface area contributed by atoms with Gasteiger partial charge in [-0.25, -0.2) is 4.79 Å². The van der Waals surface area contributed by atoms with Gasteiger partial charge in [0, 0.05) is 33.0 Å². The molecule has 1 atom stereocenters. The molecule has 0 saturated carbocycles. The van der Waals surface area contributed by atoms with E-state index in [1.165, 1.54) is 12.3 Å². The number of hydrogen-bond acceptors (Lipinski definition) is 5. The van der Waals surface area contributed by atoms with Crippen molar-refractivity contribution < 1.29 is 19.4 Å². The zero-order valence-corrected chi connectivity index (χ0v) is 11.5. The molecule has 19 heavy (non-hydrogen) atoms. The molecule has 0 aromatic carbocycles. The molecule has 1 N–H and O–H groups in total. The van der Waals surface area contributed by atoms with Crippen LogP contribution in [0.2, 0.25) is 0 Å². The molecule has 1 unspecified atom stereocenters. The summed E-state index contributed by atoms with van der Waals surface area (Å²) in [7, 11) is 3.23. The molecule has 0 saturated heterocycles. The van der Waals surface area contributed by atoms with Crippen molar-refractivity contribution in [1.29, 1.82) is 0 Å². The average Bonchev–Trinajstić information content (AvgIpc) is 2.40. The summed E-state index contributed by atoms with van der Waals surface area (Å²) in [6.07, 6.45) is 3.04. The lowest BCUT2D eigenvalue weighted by atomic mass is 10.1. The fraction of sp³-hybridized carbons (Fsp3) is 0.538. The summed E-state index contributed by atoms with van der Waals surface area (Å²) in [5, 5.41) is 9.23. The van der Waals surface area contributed by atoms with E-state index in [0.29, 0.717) is 25.4 Å². The first-order valence-electron chi connectivity index (χ1n) is 6.03. The molecule has 0 spiro atoms. The summed E-state index contributed by atoms with van der Waals surface area (Å²) in [4.78, 5) is 17.2. The molecule has 0 radical (unpaired) electrons. The number of carbonyl (C=O) groups is 1. The summed E-state index contributed by atoms with van der Waals surface area (Å²) >= 11 is 0. The predicted molar refractivity (Wildman–Crippen MR) is 71.8 cm³/mol. The van der Waals surface area contributed by atoms with Crippen molar-refractivity contribution in [2.45, 2.75) is 13.0 Å². The second-order valence-electron chi connectivity index (χ2n) is 4.19. The molecule has 0 aliphatic heterocycles. The lowest BCUT2D eigenvalue weighted by Crippen LogP contribution is -2.39. The molecule has 106 valence electrons. The van der Waals surface area contributed by atoms with Gasteiger partial charge in [-0.2, -0.15) is 0 Å². The van der Waals surface area contributed by atoms with Gasteiger partial charge in [0.05, 0.1) is 30.7 Å². The Morgan fingerprint density at radius 3 is 2.79 bits per heavy atom. The molecule has 1 aromatic rings. The van der Waals surface area contributed by atoms with E-state index in [4.69, 9.17) is 9.47 Å². The number of aromatic carboxylic acids is 1. The van der Waals surface area contributed by atoms with E-state index in [2.05, 4.69) is 4.98 Å². The fourth-order valence-electron chi connectivity index (χ4n) is 1.89. The number of anilines is 1. The molecular formula is C13H20N2O4. The smallest absolute Gasteiger partial charge is 0.337 e. The Bertz CT molecular complexity index is 411. The molecule has 0 bridgehead atoms. The number of rotatable bonds is 8. The van der Waals surface area contributed by atoms with Crippen LogP contribution in [0.3, 0.4) is 0 Å². The quantitative estimate of drug-likeness (QED) is 0.765. The monoisotopic (exact) mass is 268 g/mol. The Hall–Kier alpha value is -1.66. The van der Waals surface area contributed by atoms with Crippen molar-refractivity contribution in [3.63, 3.8) is 0 Å². The maximum Gasteiger partial charge on any atom is 0.337 e. The molecule has 1 heterocycles. The van der Waals surface area contributed by atoms with Crippen LogP contribution in [0.15, 0.2) is 18.5 Å². The van der Waals surface area contributed by atoms with E-state index in [1.807, 2.05) is 11.8 Å².